The third-order valence-corrected chi connectivity index (χ3v) is 3.46. The van der Waals surface area contributed by atoms with Crippen molar-refractivity contribution < 1.29 is 4.79 Å². The Hall–Kier alpha value is -0.560. The topological polar surface area (TPSA) is 34.9 Å². The van der Waals surface area contributed by atoms with Gasteiger partial charge in [0.2, 0.25) is 0 Å². The molecule has 0 amide bonds. The lowest BCUT2D eigenvalue weighted by molar-refractivity contribution is 0.112. The van der Waals surface area contributed by atoms with Gasteiger partial charge >= 0.3 is 0 Å². The number of aldehydes is 1. The molecule has 66 valence electrons. The summed E-state index contributed by atoms with van der Waals surface area (Å²) in [6.07, 6.45) is 4.37. The molecule has 2 aromatic rings. The standard InChI is InChI=1S/C8H5IN2OS/c9-13-11-4-6(5-12)7-2-1-3-10-8(7)11/h1-5H. The van der Waals surface area contributed by atoms with Crippen molar-refractivity contribution in [3.05, 3.63) is 30.1 Å². The molecular formula is C8H5IN2OS. The molecule has 2 rings (SSSR count). The Bertz CT molecular complexity index is 454. The normalized spacial score (nSPS) is 10.5. The lowest BCUT2D eigenvalue weighted by Crippen LogP contribution is -1.81. The van der Waals surface area contributed by atoms with E-state index in [4.69, 9.17) is 0 Å². The first kappa shape index (κ1) is 9.01. The summed E-state index contributed by atoms with van der Waals surface area (Å²) in [5.74, 6) is 0. The van der Waals surface area contributed by atoms with Crippen LogP contribution in [0.25, 0.3) is 11.0 Å². The van der Waals surface area contributed by atoms with Crippen LogP contribution in [-0.4, -0.2) is 15.2 Å². The van der Waals surface area contributed by atoms with Crippen molar-refractivity contribution >= 4 is 47.6 Å². The van der Waals surface area contributed by atoms with Crippen molar-refractivity contribution in [1.29, 1.82) is 0 Å². The van der Waals surface area contributed by atoms with Crippen LogP contribution >= 0.6 is 30.3 Å². The van der Waals surface area contributed by atoms with E-state index in [9.17, 15) is 4.79 Å². The number of hydrogen-bond donors (Lipinski definition) is 0. The zero-order chi connectivity index (χ0) is 9.26. The monoisotopic (exact) mass is 304 g/mol. The van der Waals surface area contributed by atoms with E-state index in [0.29, 0.717) is 5.56 Å². The molecular weight excluding hydrogens is 299 g/mol. The van der Waals surface area contributed by atoms with E-state index >= 15 is 0 Å². The van der Waals surface area contributed by atoms with E-state index in [2.05, 4.69) is 26.2 Å². The molecule has 13 heavy (non-hydrogen) atoms. The summed E-state index contributed by atoms with van der Waals surface area (Å²) in [6.45, 7) is 0. The Morgan fingerprint density at radius 2 is 2.46 bits per heavy atom. The second-order valence-electron chi connectivity index (χ2n) is 2.47. The van der Waals surface area contributed by atoms with Gasteiger partial charge in [-0.2, -0.15) is 0 Å². The number of nitrogens with zero attached hydrogens (tertiary/aromatic N) is 2. The van der Waals surface area contributed by atoms with Gasteiger partial charge in [-0.3, -0.25) is 8.77 Å². The molecule has 2 heterocycles. The molecule has 0 aliphatic rings. The van der Waals surface area contributed by atoms with Gasteiger partial charge in [-0.05, 0) is 12.1 Å². The first-order chi connectivity index (χ1) is 6.36. The van der Waals surface area contributed by atoms with Crippen LogP contribution in [0.3, 0.4) is 0 Å². The average molecular weight is 304 g/mol. The van der Waals surface area contributed by atoms with E-state index in [-0.39, 0.29) is 0 Å². The summed E-state index contributed by atoms with van der Waals surface area (Å²) < 4.78 is 1.87. The highest BCUT2D eigenvalue weighted by molar-refractivity contribution is 14.2. The quantitative estimate of drug-likeness (QED) is 0.632. The molecule has 3 nitrogen and oxygen atoms in total. The molecule has 2 aromatic heterocycles. The van der Waals surface area contributed by atoms with Crippen LogP contribution in [0.2, 0.25) is 0 Å². The van der Waals surface area contributed by atoms with Crippen molar-refractivity contribution in [2.75, 3.05) is 0 Å². The summed E-state index contributed by atoms with van der Waals surface area (Å²) in [5, 5.41) is 0.904. The van der Waals surface area contributed by atoms with Crippen LogP contribution in [0.5, 0.6) is 0 Å². The molecule has 5 heteroatoms. The predicted molar refractivity (Wildman–Crippen MR) is 62.1 cm³/mol. The molecule has 0 fully saturated rings. The predicted octanol–water partition coefficient (Wildman–Crippen LogP) is 2.70. The van der Waals surface area contributed by atoms with Crippen LogP contribution in [0.1, 0.15) is 10.4 Å². The summed E-state index contributed by atoms with van der Waals surface area (Å²) in [6, 6.07) is 3.73. The molecule has 0 aliphatic carbocycles. The fourth-order valence-corrected chi connectivity index (χ4v) is 2.47. The van der Waals surface area contributed by atoms with Crippen molar-refractivity contribution in [3.63, 3.8) is 0 Å². The van der Waals surface area contributed by atoms with Crippen LogP contribution in [-0.2, 0) is 0 Å². The van der Waals surface area contributed by atoms with Gasteiger partial charge < -0.3 is 0 Å². The fraction of sp³-hybridized carbons (Fsp3) is 0. The molecule has 0 aliphatic heterocycles. The lowest BCUT2D eigenvalue weighted by atomic mass is 10.2. The number of carbonyl (C=O) groups is 1. The lowest BCUT2D eigenvalue weighted by Gasteiger charge is -1.93. The maximum Gasteiger partial charge on any atom is 0.152 e. The minimum absolute atomic E-state index is 0.687. The van der Waals surface area contributed by atoms with E-state index < -0.39 is 0 Å². The number of hydrogen-bond acceptors (Lipinski definition) is 3. The Labute approximate surface area is 91.2 Å². The van der Waals surface area contributed by atoms with Gasteiger partial charge in [-0.15, -0.1) is 0 Å². The zero-order valence-corrected chi connectivity index (χ0v) is 9.45. The molecule has 0 aromatic carbocycles. The summed E-state index contributed by atoms with van der Waals surface area (Å²) in [4.78, 5) is 14.9. The molecule has 0 saturated carbocycles. The molecule has 0 spiro atoms. The van der Waals surface area contributed by atoms with Crippen LogP contribution in [0, 0.1) is 0 Å². The molecule has 0 saturated heterocycles. The third kappa shape index (κ3) is 1.46. The van der Waals surface area contributed by atoms with Crippen LogP contribution in [0.15, 0.2) is 24.5 Å². The highest BCUT2D eigenvalue weighted by Gasteiger charge is 2.07. The van der Waals surface area contributed by atoms with Gasteiger partial charge in [-0.1, -0.05) is 0 Å². The average Bonchev–Trinajstić information content (AvgIpc) is 2.56. The van der Waals surface area contributed by atoms with Crippen molar-refractivity contribution in [2.24, 2.45) is 0 Å². The van der Waals surface area contributed by atoms with E-state index in [0.717, 1.165) is 17.3 Å². The number of halogens is 1. The van der Waals surface area contributed by atoms with Gasteiger partial charge in [-0.25, -0.2) is 4.98 Å². The Morgan fingerprint density at radius 3 is 3.15 bits per heavy atom. The first-order valence-corrected chi connectivity index (χ1v) is 6.89. The van der Waals surface area contributed by atoms with E-state index in [1.807, 2.05) is 16.1 Å². The Balaban J connectivity index is 2.81. The summed E-state index contributed by atoms with van der Waals surface area (Å²) >= 11 is 2.15. The first-order valence-electron chi connectivity index (χ1n) is 3.57. The van der Waals surface area contributed by atoms with E-state index in [1.54, 1.807) is 12.4 Å². The fourth-order valence-electron chi connectivity index (χ4n) is 1.20. The van der Waals surface area contributed by atoms with Crippen LogP contribution < -0.4 is 0 Å². The second kappa shape index (κ2) is 3.67. The van der Waals surface area contributed by atoms with E-state index in [1.165, 1.54) is 9.12 Å². The number of aromatic nitrogens is 2. The van der Waals surface area contributed by atoms with Gasteiger partial charge in [0.1, 0.15) is 0 Å². The highest BCUT2D eigenvalue weighted by Crippen LogP contribution is 2.25. The van der Waals surface area contributed by atoms with Crippen molar-refractivity contribution in [3.8, 4) is 0 Å². The number of carbonyl (C=O) groups excluding carboxylic acids is 1. The SMILES string of the molecule is O=Cc1cn(SI)c2ncccc12. The number of pyridine rings is 1. The molecule has 0 radical (unpaired) electrons. The van der Waals surface area contributed by atoms with Gasteiger partial charge in [0.25, 0.3) is 0 Å². The maximum atomic E-state index is 10.7. The maximum absolute atomic E-state index is 10.7. The smallest absolute Gasteiger partial charge is 0.152 e. The molecule has 0 bridgehead atoms. The third-order valence-electron chi connectivity index (χ3n) is 1.76. The van der Waals surface area contributed by atoms with Gasteiger partial charge in [0.15, 0.2) is 11.9 Å². The van der Waals surface area contributed by atoms with Crippen molar-refractivity contribution in [1.82, 2.24) is 8.96 Å². The molecule has 0 N–H and O–H groups in total. The second-order valence-corrected chi connectivity index (χ2v) is 4.18. The van der Waals surface area contributed by atoms with Gasteiger partial charge in [0.05, 0.1) is 0 Å². The molecule has 0 atom stereocenters. The van der Waals surface area contributed by atoms with Crippen LogP contribution in [0.4, 0.5) is 0 Å². The van der Waals surface area contributed by atoms with Crippen molar-refractivity contribution in [2.45, 2.75) is 0 Å². The summed E-state index contributed by atoms with van der Waals surface area (Å²) in [5.41, 5.74) is 1.52. The largest absolute Gasteiger partial charge is 0.298 e. The zero-order valence-electron chi connectivity index (χ0n) is 6.48. The minimum atomic E-state index is 0.687. The number of rotatable bonds is 2. The minimum Gasteiger partial charge on any atom is -0.298 e. The Morgan fingerprint density at radius 1 is 1.62 bits per heavy atom. The molecule has 0 unspecified atom stereocenters. The number of fused-ring (bicyclic) bond motifs is 1. The summed E-state index contributed by atoms with van der Waals surface area (Å²) in [7, 11) is 1.50. The Kier molecular flexibility index (Phi) is 2.54. The van der Waals surface area contributed by atoms with Gasteiger partial charge in [0, 0.05) is 53.7 Å². The highest BCUT2D eigenvalue weighted by atomic mass is 127.